The van der Waals surface area contributed by atoms with Crippen LogP contribution in [0.1, 0.15) is 41.6 Å². The molecule has 1 fully saturated rings. The second-order valence-corrected chi connectivity index (χ2v) is 11.9. The van der Waals surface area contributed by atoms with E-state index in [0.29, 0.717) is 27.8 Å². The number of fused-ring (bicyclic) bond motifs is 1. The second-order valence-electron chi connectivity index (χ2n) is 9.98. The number of rotatable bonds is 16. The van der Waals surface area contributed by atoms with E-state index in [0.717, 1.165) is 24.7 Å². The van der Waals surface area contributed by atoms with E-state index in [4.69, 9.17) is 23.7 Å². The molecule has 2 N–H and O–H groups in total. The number of aliphatic carboxylic acids is 1. The van der Waals surface area contributed by atoms with E-state index < -0.39 is 27.9 Å². The van der Waals surface area contributed by atoms with Crippen molar-refractivity contribution in [3.05, 3.63) is 53.3 Å². The standard InChI is InChI=1S/C29H35FN2O9S/c1-18(29(34)35)40-15-14-39-13-12-38-11-10-32(42(3,36)37)24-17-25-23(16-22(24)19-4-5-19)26(28(33)31-2)27(41-25)20-6-8-21(30)9-7-20/h6-9,16-19H,4-5,10-15H2,1-3H3,(H,31,33)(H,34,35). The highest BCUT2D eigenvalue weighted by Gasteiger charge is 2.33. The van der Waals surface area contributed by atoms with Crippen LogP contribution in [-0.4, -0.2) is 84.4 Å². The number of carbonyl (C=O) groups is 2. The Balaban J connectivity index is 1.53. The topological polar surface area (TPSA) is 145 Å². The highest BCUT2D eigenvalue weighted by Crippen LogP contribution is 2.48. The molecule has 0 radical (unpaired) electrons. The lowest BCUT2D eigenvalue weighted by molar-refractivity contribution is -0.150. The lowest BCUT2D eigenvalue weighted by Gasteiger charge is -2.25. The monoisotopic (exact) mass is 606 g/mol. The van der Waals surface area contributed by atoms with Crippen LogP contribution in [0.25, 0.3) is 22.3 Å². The highest BCUT2D eigenvalue weighted by molar-refractivity contribution is 7.92. The Kier molecular flexibility index (Phi) is 10.2. The number of carboxylic acid groups (broad SMARTS) is 1. The molecule has 0 saturated heterocycles. The number of carbonyl (C=O) groups excluding carboxylic acids is 1. The summed E-state index contributed by atoms with van der Waals surface area (Å²) in [6, 6.07) is 9.07. The molecule has 13 heteroatoms. The number of benzene rings is 2. The number of hydrogen-bond acceptors (Lipinski definition) is 8. The van der Waals surface area contributed by atoms with Gasteiger partial charge in [-0.15, -0.1) is 0 Å². The average molecular weight is 607 g/mol. The van der Waals surface area contributed by atoms with Gasteiger partial charge < -0.3 is 29.1 Å². The van der Waals surface area contributed by atoms with Crippen LogP contribution in [0.5, 0.6) is 0 Å². The number of nitrogens with zero attached hydrogens (tertiary/aromatic N) is 1. The van der Waals surface area contributed by atoms with Gasteiger partial charge in [0, 0.05) is 24.1 Å². The van der Waals surface area contributed by atoms with Gasteiger partial charge in [0.25, 0.3) is 5.91 Å². The van der Waals surface area contributed by atoms with Gasteiger partial charge in [0.05, 0.1) is 57.1 Å². The minimum atomic E-state index is -3.72. The molecule has 2 aromatic carbocycles. The molecular weight excluding hydrogens is 571 g/mol. The second kappa shape index (κ2) is 13.6. The maximum Gasteiger partial charge on any atom is 0.332 e. The number of anilines is 1. The number of furan rings is 1. The summed E-state index contributed by atoms with van der Waals surface area (Å²) in [6.07, 6.45) is 1.97. The van der Waals surface area contributed by atoms with Gasteiger partial charge in [-0.1, -0.05) is 0 Å². The SMILES string of the molecule is CNC(=O)c1c(-c2ccc(F)cc2)oc2cc(N(CCOCCOCCOC(C)C(=O)O)S(C)(=O)=O)c(C3CC3)cc12. The Hall–Kier alpha value is -3.52. The summed E-state index contributed by atoms with van der Waals surface area (Å²) >= 11 is 0. The van der Waals surface area contributed by atoms with Crippen LogP contribution >= 0.6 is 0 Å². The van der Waals surface area contributed by atoms with E-state index >= 15 is 0 Å². The fourth-order valence-electron chi connectivity index (χ4n) is 4.53. The van der Waals surface area contributed by atoms with Crippen LogP contribution in [0, 0.1) is 5.82 Å². The van der Waals surface area contributed by atoms with Gasteiger partial charge in [-0.3, -0.25) is 9.10 Å². The first-order valence-corrected chi connectivity index (χ1v) is 15.4. The molecule has 1 aliphatic rings. The third-order valence-electron chi connectivity index (χ3n) is 6.84. The van der Waals surface area contributed by atoms with Crippen molar-refractivity contribution in [1.82, 2.24) is 5.32 Å². The number of halogens is 1. The normalized spacial score (nSPS) is 14.2. The number of sulfonamides is 1. The summed E-state index contributed by atoms with van der Waals surface area (Å²) in [6.45, 7) is 2.31. The fraction of sp³-hybridized carbons (Fsp3) is 0.448. The Labute approximate surface area is 243 Å². The summed E-state index contributed by atoms with van der Waals surface area (Å²) in [5.41, 5.74) is 2.39. The van der Waals surface area contributed by atoms with Gasteiger partial charge in [0.15, 0.2) is 6.10 Å². The molecule has 1 aliphatic carbocycles. The molecule has 4 rings (SSSR count). The number of carboxylic acids is 1. The number of amides is 1. The van der Waals surface area contributed by atoms with Crippen LogP contribution < -0.4 is 9.62 Å². The van der Waals surface area contributed by atoms with Crippen molar-refractivity contribution in [2.75, 3.05) is 57.2 Å². The van der Waals surface area contributed by atoms with Gasteiger partial charge in [0.2, 0.25) is 10.0 Å². The molecular formula is C29H35FN2O9S. The lowest BCUT2D eigenvalue weighted by Crippen LogP contribution is -2.34. The predicted molar refractivity (Wildman–Crippen MR) is 154 cm³/mol. The van der Waals surface area contributed by atoms with Crippen LogP contribution in [0.4, 0.5) is 10.1 Å². The first kappa shape index (κ1) is 31.4. The first-order chi connectivity index (χ1) is 20.0. The van der Waals surface area contributed by atoms with Crippen molar-refractivity contribution >= 4 is 38.6 Å². The predicted octanol–water partition coefficient (Wildman–Crippen LogP) is 3.76. The number of hydrogen-bond donors (Lipinski definition) is 2. The molecule has 1 atom stereocenters. The molecule has 228 valence electrons. The quantitative estimate of drug-likeness (QED) is 0.233. The number of ether oxygens (including phenoxy) is 3. The Bertz CT molecular complexity index is 1520. The van der Waals surface area contributed by atoms with Gasteiger partial charge >= 0.3 is 5.97 Å². The molecule has 1 heterocycles. The van der Waals surface area contributed by atoms with E-state index in [1.807, 2.05) is 6.07 Å². The summed E-state index contributed by atoms with van der Waals surface area (Å²) in [4.78, 5) is 23.7. The van der Waals surface area contributed by atoms with Gasteiger partial charge in [-0.2, -0.15) is 0 Å². The van der Waals surface area contributed by atoms with Crippen molar-refractivity contribution < 1.29 is 46.1 Å². The van der Waals surface area contributed by atoms with Crippen LogP contribution in [0.2, 0.25) is 0 Å². The molecule has 0 bridgehead atoms. The van der Waals surface area contributed by atoms with E-state index in [1.54, 1.807) is 6.07 Å². The van der Waals surface area contributed by atoms with Crippen molar-refractivity contribution in [3.8, 4) is 11.3 Å². The molecule has 1 unspecified atom stereocenters. The Morgan fingerprint density at radius 3 is 2.33 bits per heavy atom. The molecule has 0 aliphatic heterocycles. The lowest BCUT2D eigenvalue weighted by atomic mass is 10.0. The molecule has 42 heavy (non-hydrogen) atoms. The molecule has 1 saturated carbocycles. The van der Waals surface area contributed by atoms with E-state index in [1.165, 1.54) is 42.5 Å². The average Bonchev–Trinajstić information content (AvgIpc) is 3.73. The smallest absolute Gasteiger partial charge is 0.332 e. The first-order valence-electron chi connectivity index (χ1n) is 13.6. The Morgan fingerprint density at radius 1 is 1.10 bits per heavy atom. The zero-order valence-electron chi connectivity index (χ0n) is 23.7. The van der Waals surface area contributed by atoms with Crippen molar-refractivity contribution in [1.29, 1.82) is 0 Å². The maximum atomic E-state index is 13.6. The zero-order chi connectivity index (χ0) is 30.4. The minimum Gasteiger partial charge on any atom is -0.479 e. The van der Waals surface area contributed by atoms with Gasteiger partial charge in [-0.25, -0.2) is 17.6 Å². The van der Waals surface area contributed by atoms with Crippen molar-refractivity contribution in [2.45, 2.75) is 31.8 Å². The fourth-order valence-corrected chi connectivity index (χ4v) is 5.45. The molecule has 1 aromatic heterocycles. The maximum absolute atomic E-state index is 13.6. The third kappa shape index (κ3) is 7.65. The van der Waals surface area contributed by atoms with Crippen LogP contribution in [0.3, 0.4) is 0 Å². The van der Waals surface area contributed by atoms with E-state index in [9.17, 15) is 22.4 Å². The zero-order valence-corrected chi connectivity index (χ0v) is 24.5. The van der Waals surface area contributed by atoms with E-state index in [-0.39, 0.29) is 57.2 Å². The minimum absolute atomic E-state index is 0.0388. The summed E-state index contributed by atoms with van der Waals surface area (Å²) in [5, 5.41) is 12.0. The van der Waals surface area contributed by atoms with Gasteiger partial charge in [0.1, 0.15) is 17.2 Å². The van der Waals surface area contributed by atoms with E-state index in [2.05, 4.69) is 5.32 Å². The van der Waals surface area contributed by atoms with Crippen LogP contribution in [-0.2, 0) is 29.0 Å². The molecule has 1 amide bonds. The summed E-state index contributed by atoms with van der Waals surface area (Å²) in [5.74, 6) is -1.45. The highest BCUT2D eigenvalue weighted by atomic mass is 32.2. The van der Waals surface area contributed by atoms with Crippen molar-refractivity contribution in [3.63, 3.8) is 0 Å². The largest absolute Gasteiger partial charge is 0.479 e. The number of nitrogens with one attached hydrogen (secondary N) is 1. The summed E-state index contributed by atoms with van der Waals surface area (Å²) in [7, 11) is -2.21. The van der Waals surface area contributed by atoms with Gasteiger partial charge in [-0.05, 0) is 61.6 Å². The molecule has 0 spiro atoms. The summed E-state index contributed by atoms with van der Waals surface area (Å²) < 4.78 is 63.0. The Morgan fingerprint density at radius 2 is 1.74 bits per heavy atom. The molecule has 3 aromatic rings. The molecule has 11 nitrogen and oxygen atoms in total. The van der Waals surface area contributed by atoms with Crippen LogP contribution in [0.15, 0.2) is 40.8 Å². The third-order valence-corrected chi connectivity index (χ3v) is 8.02. The van der Waals surface area contributed by atoms with Crippen molar-refractivity contribution in [2.24, 2.45) is 0 Å².